The van der Waals surface area contributed by atoms with Gasteiger partial charge in [-0.25, -0.2) is 0 Å². The maximum atomic E-state index is 2.43. The highest BCUT2D eigenvalue weighted by atomic mass is 32.1. The largest absolute Gasteiger partial charge is 0.311 e. The maximum Gasteiger partial charge on any atom is 0.0462 e. The fourth-order valence-electron chi connectivity index (χ4n) is 9.94. The first kappa shape index (κ1) is 36.3. The Morgan fingerprint density at radius 2 is 0.887 bits per heavy atom. The van der Waals surface area contributed by atoms with Crippen molar-refractivity contribution in [3.05, 3.63) is 247 Å². The molecule has 0 spiro atoms. The van der Waals surface area contributed by atoms with Crippen molar-refractivity contribution < 1.29 is 0 Å². The van der Waals surface area contributed by atoms with Crippen molar-refractivity contribution in [3.63, 3.8) is 0 Å². The van der Waals surface area contributed by atoms with Crippen LogP contribution < -0.4 is 4.90 Å². The Morgan fingerprint density at radius 1 is 0.355 bits per heavy atom. The van der Waals surface area contributed by atoms with Gasteiger partial charge in [0.05, 0.1) is 0 Å². The van der Waals surface area contributed by atoms with Gasteiger partial charge < -0.3 is 4.90 Å². The summed E-state index contributed by atoms with van der Waals surface area (Å²) in [6.07, 6.45) is 0. The number of nitrogens with zero attached hydrogens (tertiary/aromatic N) is 1. The highest BCUT2D eigenvalue weighted by Crippen LogP contribution is 2.53. The van der Waals surface area contributed by atoms with E-state index >= 15 is 0 Å². The predicted octanol–water partition coefficient (Wildman–Crippen LogP) is 17.0. The Balaban J connectivity index is 0.930. The normalized spacial score (nSPS) is 14.3. The molecule has 0 N–H and O–H groups in total. The van der Waals surface area contributed by atoms with E-state index in [1.807, 2.05) is 11.3 Å². The van der Waals surface area contributed by atoms with Gasteiger partial charge in [-0.1, -0.05) is 176 Å². The quantitative estimate of drug-likeness (QED) is 0.155. The van der Waals surface area contributed by atoms with Gasteiger partial charge in [-0.15, -0.1) is 11.3 Å². The zero-order valence-electron chi connectivity index (χ0n) is 34.3. The average molecular weight is 808 g/mol. The highest BCUT2D eigenvalue weighted by Gasteiger charge is 2.40. The molecule has 0 amide bonds. The molecule has 0 saturated carbocycles. The minimum Gasteiger partial charge on any atom is -0.311 e. The van der Waals surface area contributed by atoms with E-state index in [1.54, 1.807) is 0 Å². The first-order valence-electron chi connectivity index (χ1n) is 21.4. The summed E-state index contributed by atoms with van der Waals surface area (Å²) >= 11 is 1.88. The van der Waals surface area contributed by atoms with Crippen LogP contribution in [0.1, 0.15) is 23.6 Å². The van der Waals surface area contributed by atoms with Crippen LogP contribution in [0.15, 0.2) is 231 Å². The number of benzene rings is 10. The molecule has 292 valence electrons. The fourth-order valence-corrected chi connectivity index (χ4v) is 11.2. The van der Waals surface area contributed by atoms with E-state index in [4.69, 9.17) is 0 Å². The first-order chi connectivity index (χ1) is 30.6. The molecule has 1 aliphatic carbocycles. The molecule has 1 heterocycles. The van der Waals surface area contributed by atoms with Crippen molar-refractivity contribution in [2.45, 2.75) is 12.3 Å². The van der Waals surface area contributed by atoms with E-state index in [9.17, 15) is 0 Å². The van der Waals surface area contributed by atoms with Gasteiger partial charge in [0, 0.05) is 42.6 Å². The van der Waals surface area contributed by atoms with Gasteiger partial charge in [0.1, 0.15) is 0 Å². The second-order valence-electron chi connectivity index (χ2n) is 16.6. The van der Waals surface area contributed by atoms with Crippen LogP contribution in [0.3, 0.4) is 0 Å². The second kappa shape index (κ2) is 14.6. The lowest BCUT2D eigenvalue weighted by molar-refractivity contribution is 0.714. The molecule has 10 aromatic carbocycles. The maximum absolute atomic E-state index is 2.43. The van der Waals surface area contributed by atoms with E-state index in [-0.39, 0.29) is 5.41 Å². The van der Waals surface area contributed by atoms with E-state index < -0.39 is 0 Å². The summed E-state index contributed by atoms with van der Waals surface area (Å²) in [5.41, 5.74) is 17.1. The molecule has 0 aliphatic heterocycles. The Morgan fingerprint density at radius 3 is 1.63 bits per heavy atom. The minimum absolute atomic E-state index is 0.242. The molecule has 1 unspecified atom stereocenters. The van der Waals surface area contributed by atoms with E-state index in [2.05, 4.69) is 242 Å². The molecule has 12 rings (SSSR count). The van der Waals surface area contributed by atoms with Crippen LogP contribution in [0.5, 0.6) is 0 Å². The third-order valence-corrected chi connectivity index (χ3v) is 14.4. The number of anilines is 3. The van der Waals surface area contributed by atoms with Gasteiger partial charge in [0.2, 0.25) is 0 Å². The molecular formula is C60H41NS. The molecule has 0 saturated heterocycles. The lowest BCUT2D eigenvalue weighted by Crippen LogP contribution is -2.22. The fraction of sp³-hybridized carbons (Fsp3) is 0.0333. The Labute approximate surface area is 366 Å². The molecular weight excluding hydrogens is 767 g/mol. The Hall–Kier alpha value is -7.52. The SMILES string of the molecule is CC1(c2ccccc2)c2ccccc2-c2ccc(-c3ccc(N(c4ccc(-c5ccc6ccccc6c5)cc4)c4ccc(-c5cccc6c5sc5ccccc56)cc4)cc3)cc21. The first-order valence-corrected chi connectivity index (χ1v) is 22.2. The molecule has 0 bridgehead atoms. The summed E-state index contributed by atoms with van der Waals surface area (Å²) in [7, 11) is 0. The number of thiophene rings is 1. The summed E-state index contributed by atoms with van der Waals surface area (Å²) < 4.78 is 2.65. The highest BCUT2D eigenvalue weighted by molar-refractivity contribution is 7.26. The summed E-state index contributed by atoms with van der Waals surface area (Å²) in [5, 5.41) is 5.14. The molecule has 1 aliphatic rings. The topological polar surface area (TPSA) is 3.24 Å². The van der Waals surface area contributed by atoms with E-state index in [1.165, 1.54) is 92.1 Å². The molecule has 1 nitrogen and oxygen atoms in total. The summed E-state index contributed by atoms with van der Waals surface area (Å²) in [6.45, 7) is 2.39. The summed E-state index contributed by atoms with van der Waals surface area (Å²) in [4.78, 5) is 2.38. The van der Waals surface area contributed by atoms with Crippen molar-refractivity contribution in [2.75, 3.05) is 4.90 Å². The minimum atomic E-state index is -0.242. The lowest BCUT2D eigenvalue weighted by Gasteiger charge is -2.28. The van der Waals surface area contributed by atoms with Gasteiger partial charge in [0.15, 0.2) is 0 Å². The number of hydrogen-bond donors (Lipinski definition) is 0. The second-order valence-corrected chi connectivity index (χ2v) is 17.7. The molecule has 62 heavy (non-hydrogen) atoms. The van der Waals surface area contributed by atoms with Crippen molar-refractivity contribution in [1.82, 2.24) is 0 Å². The van der Waals surface area contributed by atoms with Crippen LogP contribution in [-0.2, 0) is 5.41 Å². The van der Waals surface area contributed by atoms with Gasteiger partial charge in [-0.3, -0.25) is 0 Å². The van der Waals surface area contributed by atoms with Crippen molar-refractivity contribution in [1.29, 1.82) is 0 Å². The number of hydrogen-bond acceptors (Lipinski definition) is 2. The monoisotopic (exact) mass is 807 g/mol. The zero-order chi connectivity index (χ0) is 41.2. The van der Waals surface area contributed by atoms with Crippen LogP contribution in [0.4, 0.5) is 17.1 Å². The smallest absolute Gasteiger partial charge is 0.0462 e. The van der Waals surface area contributed by atoms with Crippen LogP contribution >= 0.6 is 11.3 Å². The Kier molecular flexibility index (Phi) is 8.55. The van der Waals surface area contributed by atoms with Gasteiger partial charge in [-0.05, 0) is 133 Å². The van der Waals surface area contributed by atoms with Gasteiger partial charge in [0.25, 0.3) is 0 Å². The van der Waals surface area contributed by atoms with Crippen molar-refractivity contribution >= 4 is 59.3 Å². The van der Waals surface area contributed by atoms with Gasteiger partial charge >= 0.3 is 0 Å². The molecule has 2 heteroatoms. The molecule has 1 atom stereocenters. The summed E-state index contributed by atoms with van der Waals surface area (Å²) in [6, 6.07) is 84.9. The lowest BCUT2D eigenvalue weighted by atomic mass is 9.74. The third-order valence-electron chi connectivity index (χ3n) is 13.2. The molecule has 11 aromatic rings. The number of fused-ring (bicyclic) bond motifs is 7. The standard InChI is InChI=1S/C60H41NS/c1-60(47-14-3-2-4-15-47)56-20-9-7-16-52(56)53-37-30-46(39-57(53)60)42-26-33-49(34-27-42)61(48-31-24-41(25-32-48)45-23-22-40-12-5-6-13-44(40)38-45)50-35-28-43(29-36-50)51-18-11-19-55-54-17-8-10-21-58(54)62-59(51)55/h2-39H,1H3. The van der Waals surface area contributed by atoms with Crippen molar-refractivity contribution in [3.8, 4) is 44.5 Å². The van der Waals surface area contributed by atoms with E-state index in [0.29, 0.717) is 0 Å². The average Bonchev–Trinajstić information content (AvgIpc) is 3.85. The third kappa shape index (κ3) is 5.90. The zero-order valence-corrected chi connectivity index (χ0v) is 35.1. The van der Waals surface area contributed by atoms with Crippen LogP contribution in [0.25, 0.3) is 75.5 Å². The molecule has 0 radical (unpaired) electrons. The predicted molar refractivity (Wildman–Crippen MR) is 265 cm³/mol. The van der Waals surface area contributed by atoms with Gasteiger partial charge in [-0.2, -0.15) is 0 Å². The van der Waals surface area contributed by atoms with Crippen LogP contribution in [-0.4, -0.2) is 0 Å². The molecule has 0 fully saturated rings. The Bertz CT molecular complexity index is 3450. The number of rotatable bonds is 7. The van der Waals surface area contributed by atoms with Crippen molar-refractivity contribution in [2.24, 2.45) is 0 Å². The van der Waals surface area contributed by atoms with Crippen LogP contribution in [0.2, 0.25) is 0 Å². The van der Waals surface area contributed by atoms with E-state index in [0.717, 1.165) is 17.1 Å². The summed E-state index contributed by atoms with van der Waals surface area (Å²) in [5.74, 6) is 0. The molecule has 1 aromatic heterocycles. The van der Waals surface area contributed by atoms with Crippen LogP contribution in [0, 0.1) is 0 Å².